The first-order chi connectivity index (χ1) is 8.36. The van der Waals surface area contributed by atoms with E-state index in [1.807, 2.05) is 30.0 Å². The van der Waals surface area contributed by atoms with Gasteiger partial charge in [0.05, 0.1) is 6.61 Å². The third-order valence-electron chi connectivity index (χ3n) is 2.65. The zero-order valence-electron chi connectivity index (χ0n) is 10.6. The normalized spacial score (nSPS) is 12.6. The molecule has 0 spiro atoms. The number of thioether (sulfide) groups is 1. The molecule has 0 aromatic heterocycles. The van der Waals surface area contributed by atoms with Gasteiger partial charge in [0.25, 0.3) is 0 Å². The van der Waals surface area contributed by atoms with Crippen LogP contribution in [-0.4, -0.2) is 35.8 Å². The Bertz CT molecular complexity index is 279. The fraction of sp³-hybridized carbons (Fsp3) is 0.571. The average Bonchev–Trinajstić information content (AvgIpc) is 2.38. The van der Waals surface area contributed by atoms with Crippen molar-refractivity contribution in [2.24, 2.45) is 0 Å². The van der Waals surface area contributed by atoms with Crippen LogP contribution < -0.4 is 5.32 Å². The number of benzene rings is 1. The summed E-state index contributed by atoms with van der Waals surface area (Å²) in [7, 11) is 0. The van der Waals surface area contributed by atoms with Crippen LogP contribution in [0.4, 0.5) is 0 Å². The van der Waals surface area contributed by atoms with Crippen LogP contribution in [0.1, 0.15) is 18.9 Å². The van der Waals surface area contributed by atoms with Crippen LogP contribution in [0, 0.1) is 0 Å². The van der Waals surface area contributed by atoms with E-state index in [1.54, 1.807) is 0 Å². The molecule has 0 radical (unpaired) electrons. The molecule has 2 nitrogen and oxygen atoms in total. The third kappa shape index (κ3) is 6.71. The fourth-order valence-electron chi connectivity index (χ4n) is 1.72. The van der Waals surface area contributed by atoms with Crippen molar-refractivity contribution in [1.29, 1.82) is 0 Å². The van der Waals surface area contributed by atoms with Gasteiger partial charge in [-0.3, -0.25) is 0 Å². The Morgan fingerprint density at radius 2 is 2.06 bits per heavy atom. The van der Waals surface area contributed by atoms with Crippen molar-refractivity contribution in [1.82, 2.24) is 5.32 Å². The highest BCUT2D eigenvalue weighted by atomic mass is 32.2. The molecule has 0 aliphatic heterocycles. The second-order valence-corrected chi connectivity index (χ2v) is 5.47. The van der Waals surface area contributed by atoms with E-state index in [-0.39, 0.29) is 12.6 Å². The molecule has 2 N–H and O–H groups in total. The predicted octanol–water partition coefficient (Wildman–Crippen LogP) is 2.32. The van der Waals surface area contributed by atoms with E-state index in [2.05, 4.69) is 24.4 Å². The number of aliphatic hydroxyl groups excluding tert-OH is 1. The van der Waals surface area contributed by atoms with Crippen molar-refractivity contribution in [3.8, 4) is 0 Å². The summed E-state index contributed by atoms with van der Waals surface area (Å²) in [5, 5.41) is 12.7. The molecule has 17 heavy (non-hydrogen) atoms. The van der Waals surface area contributed by atoms with Gasteiger partial charge in [-0.15, -0.1) is 0 Å². The van der Waals surface area contributed by atoms with Crippen molar-refractivity contribution in [3.63, 3.8) is 0 Å². The highest BCUT2D eigenvalue weighted by Gasteiger charge is 2.06. The van der Waals surface area contributed by atoms with Crippen molar-refractivity contribution in [3.05, 3.63) is 35.9 Å². The molecule has 0 saturated carbocycles. The summed E-state index contributed by atoms with van der Waals surface area (Å²) in [6, 6.07) is 10.5. The quantitative estimate of drug-likeness (QED) is 0.663. The van der Waals surface area contributed by atoms with E-state index >= 15 is 0 Å². The van der Waals surface area contributed by atoms with E-state index in [0.717, 1.165) is 13.0 Å². The van der Waals surface area contributed by atoms with Gasteiger partial charge in [-0.25, -0.2) is 0 Å². The molecule has 3 heteroatoms. The first-order valence-electron chi connectivity index (χ1n) is 6.32. The lowest BCUT2D eigenvalue weighted by Crippen LogP contribution is -2.35. The van der Waals surface area contributed by atoms with Crippen molar-refractivity contribution in [2.75, 3.05) is 24.7 Å². The van der Waals surface area contributed by atoms with Crippen LogP contribution in [0.5, 0.6) is 0 Å². The number of aliphatic hydroxyl groups is 1. The van der Waals surface area contributed by atoms with Crippen LogP contribution in [0.3, 0.4) is 0 Å². The maximum Gasteiger partial charge on any atom is 0.0587 e. The molecule has 1 aromatic rings. The van der Waals surface area contributed by atoms with Gasteiger partial charge >= 0.3 is 0 Å². The van der Waals surface area contributed by atoms with Crippen molar-refractivity contribution < 1.29 is 5.11 Å². The lowest BCUT2D eigenvalue weighted by atomic mass is 10.1. The Hall–Kier alpha value is -0.510. The Morgan fingerprint density at radius 3 is 2.71 bits per heavy atom. The Kier molecular flexibility index (Phi) is 8.14. The van der Waals surface area contributed by atoms with E-state index in [1.165, 1.54) is 23.5 Å². The molecule has 1 rings (SSSR count). The highest BCUT2D eigenvalue weighted by molar-refractivity contribution is 7.99. The number of hydrogen-bond donors (Lipinski definition) is 2. The molecular formula is C14H23NOS. The molecule has 0 fully saturated rings. The lowest BCUT2D eigenvalue weighted by Gasteiger charge is -2.16. The molecule has 96 valence electrons. The molecule has 1 unspecified atom stereocenters. The van der Waals surface area contributed by atoms with Crippen LogP contribution in [0.2, 0.25) is 0 Å². The van der Waals surface area contributed by atoms with Gasteiger partial charge in [0.15, 0.2) is 0 Å². The summed E-state index contributed by atoms with van der Waals surface area (Å²) in [6.07, 6.45) is 2.07. The van der Waals surface area contributed by atoms with E-state index in [0.29, 0.717) is 0 Å². The maximum atomic E-state index is 9.32. The Labute approximate surface area is 109 Å². The van der Waals surface area contributed by atoms with Gasteiger partial charge in [0.2, 0.25) is 0 Å². The second kappa shape index (κ2) is 9.51. The minimum absolute atomic E-state index is 0.184. The summed E-state index contributed by atoms with van der Waals surface area (Å²) in [5.74, 6) is 2.39. The van der Waals surface area contributed by atoms with Gasteiger partial charge in [-0.1, -0.05) is 37.3 Å². The standard InChI is InChI=1S/C14H23NOS/c1-2-17-10-6-9-15-14(12-16)11-13-7-4-3-5-8-13/h3-5,7-8,14-16H,2,6,9-12H2,1H3. The van der Waals surface area contributed by atoms with E-state index < -0.39 is 0 Å². The van der Waals surface area contributed by atoms with Gasteiger partial charge in [0.1, 0.15) is 0 Å². The summed E-state index contributed by atoms with van der Waals surface area (Å²) < 4.78 is 0. The first kappa shape index (κ1) is 14.6. The second-order valence-electron chi connectivity index (χ2n) is 4.07. The summed E-state index contributed by atoms with van der Waals surface area (Å²) in [4.78, 5) is 0. The molecule has 1 aromatic carbocycles. The molecule has 0 amide bonds. The SMILES string of the molecule is CCSCCCNC(CO)Cc1ccccc1. The minimum Gasteiger partial charge on any atom is -0.395 e. The number of nitrogens with one attached hydrogen (secondary N) is 1. The van der Waals surface area contributed by atoms with Crippen LogP contribution >= 0.6 is 11.8 Å². The summed E-state index contributed by atoms with van der Waals surface area (Å²) >= 11 is 1.97. The zero-order valence-corrected chi connectivity index (χ0v) is 11.4. The van der Waals surface area contributed by atoms with Crippen molar-refractivity contribution in [2.45, 2.75) is 25.8 Å². The molecule has 1 atom stereocenters. The first-order valence-corrected chi connectivity index (χ1v) is 7.48. The van der Waals surface area contributed by atoms with Crippen molar-refractivity contribution >= 4 is 11.8 Å². The average molecular weight is 253 g/mol. The van der Waals surface area contributed by atoms with Gasteiger partial charge in [0, 0.05) is 6.04 Å². The highest BCUT2D eigenvalue weighted by Crippen LogP contribution is 2.04. The summed E-state index contributed by atoms with van der Waals surface area (Å²) in [5.41, 5.74) is 1.28. The molecule has 0 aliphatic rings. The Balaban J connectivity index is 2.20. The van der Waals surface area contributed by atoms with Gasteiger partial charge < -0.3 is 10.4 Å². The van der Waals surface area contributed by atoms with E-state index in [9.17, 15) is 5.11 Å². The number of rotatable bonds is 9. The summed E-state index contributed by atoms with van der Waals surface area (Å²) in [6.45, 7) is 3.38. The molecule has 0 heterocycles. The maximum absolute atomic E-state index is 9.32. The topological polar surface area (TPSA) is 32.3 Å². The van der Waals surface area contributed by atoms with Crippen LogP contribution in [0.15, 0.2) is 30.3 Å². The monoisotopic (exact) mass is 253 g/mol. The predicted molar refractivity (Wildman–Crippen MR) is 76.6 cm³/mol. The fourth-order valence-corrected chi connectivity index (χ4v) is 2.36. The Morgan fingerprint density at radius 1 is 1.29 bits per heavy atom. The van der Waals surface area contributed by atoms with E-state index in [4.69, 9.17) is 0 Å². The van der Waals surface area contributed by atoms with Crippen LogP contribution in [-0.2, 0) is 6.42 Å². The third-order valence-corrected chi connectivity index (χ3v) is 3.63. The van der Waals surface area contributed by atoms with Gasteiger partial charge in [-0.2, -0.15) is 11.8 Å². The van der Waals surface area contributed by atoms with Crippen LogP contribution in [0.25, 0.3) is 0 Å². The molecular weight excluding hydrogens is 230 g/mol. The van der Waals surface area contributed by atoms with Gasteiger partial charge in [-0.05, 0) is 36.5 Å². The molecule has 0 aliphatic carbocycles. The molecule has 0 bridgehead atoms. The zero-order chi connectivity index (χ0) is 12.3. The number of hydrogen-bond acceptors (Lipinski definition) is 3. The largest absolute Gasteiger partial charge is 0.395 e. The smallest absolute Gasteiger partial charge is 0.0587 e. The lowest BCUT2D eigenvalue weighted by molar-refractivity contribution is 0.242. The molecule has 0 saturated heterocycles. The minimum atomic E-state index is 0.184.